The molecule has 3 heteroatoms. The summed E-state index contributed by atoms with van der Waals surface area (Å²) in [5.74, 6) is 1.87. The van der Waals surface area contributed by atoms with Gasteiger partial charge >= 0.3 is 0 Å². The molecule has 0 radical (unpaired) electrons. The summed E-state index contributed by atoms with van der Waals surface area (Å²) in [6.45, 7) is 0. The lowest BCUT2D eigenvalue weighted by molar-refractivity contribution is 0.0971. The molecule has 0 atom stereocenters. The largest absolute Gasteiger partial charge is 0.497 e. The minimum atomic E-state index is 0.218. The number of carbonyl (C=O) groups excluding carboxylic acids is 1. The summed E-state index contributed by atoms with van der Waals surface area (Å²) >= 11 is 0. The Kier molecular flexibility index (Phi) is 3.65. The topological polar surface area (TPSA) is 35.5 Å². The highest BCUT2D eigenvalue weighted by atomic mass is 16.5. The van der Waals surface area contributed by atoms with Gasteiger partial charge in [-0.1, -0.05) is 18.2 Å². The Morgan fingerprint density at radius 3 is 2.24 bits per heavy atom. The summed E-state index contributed by atoms with van der Waals surface area (Å²) in [7, 11) is 3.32. The van der Waals surface area contributed by atoms with Crippen LogP contribution < -0.4 is 9.47 Å². The number of ketones is 1. The minimum Gasteiger partial charge on any atom is -0.497 e. The van der Waals surface area contributed by atoms with E-state index in [9.17, 15) is 4.79 Å². The normalized spacial score (nSPS) is 13.7. The molecule has 1 aliphatic carbocycles. The van der Waals surface area contributed by atoms with Crippen molar-refractivity contribution in [3.8, 4) is 22.6 Å². The van der Waals surface area contributed by atoms with Crippen LogP contribution in [0.25, 0.3) is 11.1 Å². The van der Waals surface area contributed by atoms with Crippen LogP contribution in [-0.4, -0.2) is 20.0 Å². The number of hydrogen-bond donors (Lipinski definition) is 0. The van der Waals surface area contributed by atoms with Crippen LogP contribution in [-0.2, 0) is 6.42 Å². The molecule has 0 spiro atoms. The maximum absolute atomic E-state index is 12.0. The van der Waals surface area contributed by atoms with Gasteiger partial charge in [0.05, 0.1) is 14.2 Å². The second-order valence-electron chi connectivity index (χ2n) is 5.18. The van der Waals surface area contributed by atoms with Crippen molar-refractivity contribution in [2.45, 2.75) is 19.3 Å². The van der Waals surface area contributed by atoms with Gasteiger partial charge in [0.25, 0.3) is 0 Å². The molecule has 1 aliphatic rings. The standard InChI is InChI=1S/C18H18O3/c1-20-13-8-6-12(7-9-13)14-10-11-15-16(18(14)21-2)4-3-5-17(15)19/h6-11H,3-5H2,1-2H3. The van der Waals surface area contributed by atoms with Crippen LogP contribution in [0.2, 0.25) is 0 Å². The highest BCUT2D eigenvalue weighted by Crippen LogP contribution is 2.38. The molecule has 0 amide bonds. The molecule has 0 heterocycles. The van der Waals surface area contributed by atoms with Crippen LogP contribution in [0.1, 0.15) is 28.8 Å². The number of fused-ring (bicyclic) bond motifs is 1. The number of rotatable bonds is 3. The zero-order valence-electron chi connectivity index (χ0n) is 12.3. The molecule has 0 saturated carbocycles. The number of benzene rings is 2. The van der Waals surface area contributed by atoms with Crippen molar-refractivity contribution in [1.29, 1.82) is 0 Å². The van der Waals surface area contributed by atoms with Gasteiger partial charge in [-0.2, -0.15) is 0 Å². The van der Waals surface area contributed by atoms with Gasteiger partial charge in [-0.05, 0) is 36.6 Å². The molecular weight excluding hydrogens is 264 g/mol. The van der Waals surface area contributed by atoms with E-state index in [2.05, 4.69) is 0 Å². The molecule has 0 unspecified atom stereocenters. The molecule has 3 rings (SSSR count). The summed E-state index contributed by atoms with van der Waals surface area (Å²) in [6.07, 6.45) is 2.43. The van der Waals surface area contributed by atoms with E-state index in [-0.39, 0.29) is 5.78 Å². The first-order valence-electron chi connectivity index (χ1n) is 7.12. The summed E-state index contributed by atoms with van der Waals surface area (Å²) < 4.78 is 10.8. The van der Waals surface area contributed by atoms with E-state index in [1.54, 1.807) is 14.2 Å². The van der Waals surface area contributed by atoms with Crippen molar-refractivity contribution in [2.24, 2.45) is 0 Å². The molecular formula is C18H18O3. The second kappa shape index (κ2) is 5.60. The predicted molar refractivity (Wildman–Crippen MR) is 82.3 cm³/mol. The Balaban J connectivity index is 2.12. The summed E-state index contributed by atoms with van der Waals surface area (Å²) in [6, 6.07) is 11.8. The fraction of sp³-hybridized carbons (Fsp3) is 0.278. The van der Waals surface area contributed by atoms with E-state index in [1.165, 1.54) is 0 Å². The molecule has 0 aromatic heterocycles. The smallest absolute Gasteiger partial charge is 0.163 e. The van der Waals surface area contributed by atoms with Crippen LogP contribution in [0.5, 0.6) is 11.5 Å². The van der Waals surface area contributed by atoms with E-state index >= 15 is 0 Å². The van der Waals surface area contributed by atoms with Gasteiger partial charge < -0.3 is 9.47 Å². The minimum absolute atomic E-state index is 0.218. The molecule has 0 fully saturated rings. The van der Waals surface area contributed by atoms with Crippen molar-refractivity contribution in [3.05, 3.63) is 47.5 Å². The Morgan fingerprint density at radius 1 is 0.857 bits per heavy atom. The van der Waals surface area contributed by atoms with Gasteiger partial charge in [-0.15, -0.1) is 0 Å². The summed E-state index contributed by atoms with van der Waals surface area (Å²) in [5.41, 5.74) is 3.94. The van der Waals surface area contributed by atoms with Crippen LogP contribution in [0.3, 0.4) is 0 Å². The molecule has 3 nitrogen and oxygen atoms in total. The third-order valence-electron chi connectivity index (χ3n) is 4.00. The summed E-state index contributed by atoms with van der Waals surface area (Å²) in [4.78, 5) is 12.0. The third-order valence-corrected chi connectivity index (χ3v) is 4.00. The fourth-order valence-electron chi connectivity index (χ4n) is 2.93. The highest BCUT2D eigenvalue weighted by Gasteiger charge is 2.22. The molecule has 0 aliphatic heterocycles. The Morgan fingerprint density at radius 2 is 1.57 bits per heavy atom. The van der Waals surface area contributed by atoms with E-state index in [1.807, 2.05) is 36.4 Å². The number of hydrogen-bond acceptors (Lipinski definition) is 3. The van der Waals surface area contributed by atoms with Crippen molar-refractivity contribution in [2.75, 3.05) is 14.2 Å². The summed E-state index contributed by atoms with van der Waals surface area (Å²) in [5, 5.41) is 0. The van der Waals surface area contributed by atoms with E-state index in [0.717, 1.165) is 46.6 Å². The SMILES string of the molecule is COc1ccc(-c2ccc3c(c2OC)CCCC3=O)cc1. The number of ether oxygens (including phenoxy) is 2. The fourth-order valence-corrected chi connectivity index (χ4v) is 2.93. The molecule has 21 heavy (non-hydrogen) atoms. The van der Waals surface area contributed by atoms with Crippen molar-refractivity contribution >= 4 is 5.78 Å². The molecule has 0 saturated heterocycles. The van der Waals surface area contributed by atoms with Crippen LogP contribution in [0.4, 0.5) is 0 Å². The van der Waals surface area contributed by atoms with E-state index < -0.39 is 0 Å². The van der Waals surface area contributed by atoms with Crippen molar-refractivity contribution in [1.82, 2.24) is 0 Å². The zero-order chi connectivity index (χ0) is 14.8. The van der Waals surface area contributed by atoms with Crippen molar-refractivity contribution in [3.63, 3.8) is 0 Å². The Bertz CT molecular complexity index is 672. The first kappa shape index (κ1) is 13.7. The third kappa shape index (κ3) is 2.40. The van der Waals surface area contributed by atoms with Gasteiger partial charge in [0.2, 0.25) is 0 Å². The first-order valence-corrected chi connectivity index (χ1v) is 7.12. The number of methoxy groups -OCH3 is 2. The Hall–Kier alpha value is -2.29. The monoisotopic (exact) mass is 282 g/mol. The highest BCUT2D eigenvalue weighted by molar-refractivity contribution is 6.00. The first-order chi connectivity index (χ1) is 10.2. The lowest BCUT2D eigenvalue weighted by Crippen LogP contribution is -2.12. The van der Waals surface area contributed by atoms with E-state index in [0.29, 0.717) is 6.42 Å². The average Bonchev–Trinajstić information content (AvgIpc) is 2.54. The number of carbonyl (C=O) groups is 1. The van der Waals surface area contributed by atoms with Gasteiger partial charge in [0.1, 0.15) is 11.5 Å². The van der Waals surface area contributed by atoms with Gasteiger partial charge in [0.15, 0.2) is 5.78 Å². The van der Waals surface area contributed by atoms with E-state index in [4.69, 9.17) is 9.47 Å². The van der Waals surface area contributed by atoms with Gasteiger partial charge in [-0.25, -0.2) is 0 Å². The predicted octanol–water partition coefficient (Wildman–Crippen LogP) is 3.89. The lowest BCUT2D eigenvalue weighted by Gasteiger charge is -2.20. The Labute approximate surface area is 124 Å². The van der Waals surface area contributed by atoms with Crippen LogP contribution >= 0.6 is 0 Å². The number of Topliss-reactive ketones (excluding diaryl/α,β-unsaturated/α-hetero) is 1. The van der Waals surface area contributed by atoms with Gasteiger partial charge in [-0.3, -0.25) is 4.79 Å². The second-order valence-corrected chi connectivity index (χ2v) is 5.18. The molecule has 0 N–H and O–H groups in total. The molecule has 0 bridgehead atoms. The molecule has 2 aromatic carbocycles. The quantitative estimate of drug-likeness (QED) is 0.856. The lowest BCUT2D eigenvalue weighted by atomic mass is 9.87. The zero-order valence-corrected chi connectivity index (χ0v) is 12.3. The molecule has 2 aromatic rings. The van der Waals surface area contributed by atoms with Gasteiger partial charge in [0, 0.05) is 23.1 Å². The average molecular weight is 282 g/mol. The van der Waals surface area contributed by atoms with Crippen LogP contribution in [0, 0.1) is 0 Å². The molecule has 108 valence electrons. The van der Waals surface area contributed by atoms with Crippen molar-refractivity contribution < 1.29 is 14.3 Å². The maximum Gasteiger partial charge on any atom is 0.163 e. The van der Waals surface area contributed by atoms with Crippen LogP contribution in [0.15, 0.2) is 36.4 Å². The maximum atomic E-state index is 12.0.